The Kier molecular flexibility index (Phi) is 3.95. The number of pyridine rings is 1. The van der Waals surface area contributed by atoms with Crippen molar-refractivity contribution in [1.82, 2.24) is 19.9 Å². The first-order valence-electron chi connectivity index (χ1n) is 8.55. The fraction of sp³-hybridized carbons (Fsp3) is 0.500. The molecule has 1 saturated heterocycles. The number of hydrogen-bond acceptors (Lipinski definition) is 4. The summed E-state index contributed by atoms with van der Waals surface area (Å²) in [5.41, 5.74) is 1.75. The van der Waals surface area contributed by atoms with E-state index in [-0.39, 0.29) is 11.6 Å². The molecule has 120 valence electrons. The van der Waals surface area contributed by atoms with E-state index in [4.69, 9.17) is 4.98 Å². The van der Waals surface area contributed by atoms with Gasteiger partial charge in [0.05, 0.1) is 11.7 Å². The zero-order valence-corrected chi connectivity index (χ0v) is 13.2. The van der Waals surface area contributed by atoms with Crippen molar-refractivity contribution >= 4 is 0 Å². The summed E-state index contributed by atoms with van der Waals surface area (Å²) in [6, 6.07) is 5.73. The minimum absolute atomic E-state index is 0.0706. The lowest BCUT2D eigenvalue weighted by Gasteiger charge is -2.35. The van der Waals surface area contributed by atoms with E-state index in [9.17, 15) is 4.79 Å². The molecular weight excluding hydrogens is 288 g/mol. The number of H-pyrrole nitrogens is 1. The van der Waals surface area contributed by atoms with Crippen molar-refractivity contribution in [2.75, 3.05) is 13.1 Å². The molecular formula is C18H22N4O. The molecule has 5 nitrogen and oxygen atoms in total. The molecule has 0 unspecified atom stereocenters. The van der Waals surface area contributed by atoms with Gasteiger partial charge >= 0.3 is 0 Å². The molecule has 2 aliphatic rings. The smallest absolute Gasteiger partial charge is 0.251 e. The molecule has 1 aliphatic carbocycles. The number of likely N-dealkylation sites (tertiary alicyclic amines) is 1. The molecule has 1 saturated carbocycles. The van der Waals surface area contributed by atoms with Gasteiger partial charge in [0.15, 0.2) is 0 Å². The zero-order valence-electron chi connectivity index (χ0n) is 13.2. The normalized spacial score (nSPS) is 22.2. The first kappa shape index (κ1) is 14.6. The van der Waals surface area contributed by atoms with Crippen LogP contribution in [-0.2, 0) is 0 Å². The molecule has 2 aromatic heterocycles. The molecule has 0 amide bonds. The highest BCUT2D eigenvalue weighted by atomic mass is 16.1. The molecule has 3 heterocycles. The Morgan fingerprint density at radius 2 is 2.00 bits per heavy atom. The Labute approximate surface area is 135 Å². The largest absolute Gasteiger partial charge is 0.307 e. The molecule has 4 rings (SSSR count). The van der Waals surface area contributed by atoms with Crippen molar-refractivity contribution in [3.8, 4) is 11.4 Å². The second kappa shape index (κ2) is 6.24. The standard InChI is InChI=1S/C18H22N4O/c23-17-11-15(20-18(21-17)14-6-8-19-9-7-14)16-3-1-2-10-22(16)12-13-4-5-13/h6-9,11,13,16H,1-5,10,12H2,(H,20,21,23)/t16-/m0/s1. The van der Waals surface area contributed by atoms with Crippen molar-refractivity contribution in [1.29, 1.82) is 0 Å². The van der Waals surface area contributed by atoms with Crippen LogP contribution in [0.3, 0.4) is 0 Å². The molecule has 1 atom stereocenters. The number of piperidine rings is 1. The van der Waals surface area contributed by atoms with E-state index in [0.717, 1.165) is 36.7 Å². The minimum atomic E-state index is -0.0706. The van der Waals surface area contributed by atoms with Crippen molar-refractivity contribution in [3.63, 3.8) is 0 Å². The molecule has 2 fully saturated rings. The van der Waals surface area contributed by atoms with Crippen molar-refractivity contribution in [3.05, 3.63) is 46.6 Å². The molecule has 1 aliphatic heterocycles. The van der Waals surface area contributed by atoms with E-state index in [1.807, 2.05) is 12.1 Å². The fourth-order valence-electron chi connectivity index (χ4n) is 3.47. The zero-order chi connectivity index (χ0) is 15.6. The third-order valence-electron chi connectivity index (χ3n) is 4.86. The summed E-state index contributed by atoms with van der Waals surface area (Å²) in [4.78, 5) is 26.3. The van der Waals surface area contributed by atoms with Crippen LogP contribution in [0.5, 0.6) is 0 Å². The summed E-state index contributed by atoms with van der Waals surface area (Å²) in [5.74, 6) is 1.50. The molecule has 1 N–H and O–H groups in total. The number of rotatable bonds is 4. The van der Waals surface area contributed by atoms with Crippen LogP contribution < -0.4 is 5.56 Å². The molecule has 0 aromatic carbocycles. The predicted molar refractivity (Wildman–Crippen MR) is 89.0 cm³/mol. The molecule has 5 heteroatoms. The Morgan fingerprint density at radius 1 is 1.17 bits per heavy atom. The van der Waals surface area contributed by atoms with Crippen LogP contribution >= 0.6 is 0 Å². The van der Waals surface area contributed by atoms with E-state index in [0.29, 0.717) is 5.82 Å². The van der Waals surface area contributed by atoms with Gasteiger partial charge in [-0.3, -0.25) is 14.7 Å². The van der Waals surface area contributed by atoms with Gasteiger partial charge in [-0.2, -0.15) is 0 Å². The van der Waals surface area contributed by atoms with E-state index >= 15 is 0 Å². The maximum absolute atomic E-state index is 12.1. The highest BCUT2D eigenvalue weighted by molar-refractivity contribution is 5.53. The summed E-state index contributed by atoms with van der Waals surface area (Å²) >= 11 is 0. The monoisotopic (exact) mass is 310 g/mol. The maximum Gasteiger partial charge on any atom is 0.251 e. The summed E-state index contributed by atoms with van der Waals surface area (Å²) in [6.07, 6.45) is 9.72. The first-order chi connectivity index (χ1) is 11.3. The van der Waals surface area contributed by atoms with Crippen LogP contribution in [0.15, 0.2) is 35.4 Å². The highest BCUT2D eigenvalue weighted by Crippen LogP contribution is 2.36. The van der Waals surface area contributed by atoms with Crippen LogP contribution in [0, 0.1) is 5.92 Å². The lowest BCUT2D eigenvalue weighted by atomic mass is 9.98. The fourth-order valence-corrected chi connectivity index (χ4v) is 3.47. The van der Waals surface area contributed by atoms with Gasteiger partial charge in [0.25, 0.3) is 5.56 Å². The lowest BCUT2D eigenvalue weighted by molar-refractivity contribution is 0.139. The Hall–Kier alpha value is -2.01. The summed E-state index contributed by atoms with van der Waals surface area (Å²) in [6.45, 7) is 2.28. The Bertz CT molecular complexity index is 723. The van der Waals surface area contributed by atoms with Gasteiger partial charge in [-0.15, -0.1) is 0 Å². The average molecular weight is 310 g/mol. The molecule has 2 aromatic rings. The van der Waals surface area contributed by atoms with Crippen molar-refractivity contribution in [2.24, 2.45) is 5.92 Å². The number of nitrogens with one attached hydrogen (secondary N) is 1. The van der Waals surface area contributed by atoms with E-state index < -0.39 is 0 Å². The van der Waals surface area contributed by atoms with Crippen LogP contribution in [0.1, 0.15) is 43.8 Å². The minimum Gasteiger partial charge on any atom is -0.307 e. The van der Waals surface area contributed by atoms with E-state index in [2.05, 4.69) is 14.9 Å². The second-order valence-corrected chi connectivity index (χ2v) is 6.70. The molecule has 23 heavy (non-hydrogen) atoms. The Balaban J connectivity index is 1.66. The van der Waals surface area contributed by atoms with Crippen molar-refractivity contribution < 1.29 is 0 Å². The maximum atomic E-state index is 12.1. The van der Waals surface area contributed by atoms with Crippen LogP contribution in [0.2, 0.25) is 0 Å². The number of hydrogen-bond donors (Lipinski definition) is 1. The molecule has 0 spiro atoms. The third-order valence-corrected chi connectivity index (χ3v) is 4.86. The van der Waals surface area contributed by atoms with Crippen LogP contribution in [0.25, 0.3) is 11.4 Å². The van der Waals surface area contributed by atoms with Gasteiger partial charge in [-0.05, 0) is 50.3 Å². The SMILES string of the molecule is O=c1cc([C@@H]2CCCCN2CC2CC2)nc(-c2ccncc2)[nH]1. The van der Waals surface area contributed by atoms with E-state index in [1.165, 1.54) is 25.7 Å². The molecule has 0 radical (unpaired) electrons. The molecule has 0 bridgehead atoms. The quantitative estimate of drug-likeness (QED) is 0.943. The summed E-state index contributed by atoms with van der Waals surface area (Å²) in [5, 5.41) is 0. The van der Waals surface area contributed by atoms with Crippen molar-refractivity contribution in [2.45, 2.75) is 38.1 Å². The van der Waals surface area contributed by atoms with Gasteiger partial charge in [-0.1, -0.05) is 6.42 Å². The predicted octanol–water partition coefficient (Wildman–Crippen LogP) is 2.77. The topological polar surface area (TPSA) is 61.9 Å². The lowest BCUT2D eigenvalue weighted by Crippen LogP contribution is -2.36. The van der Waals surface area contributed by atoms with E-state index in [1.54, 1.807) is 18.5 Å². The summed E-state index contributed by atoms with van der Waals surface area (Å²) < 4.78 is 0. The summed E-state index contributed by atoms with van der Waals surface area (Å²) in [7, 11) is 0. The Morgan fingerprint density at radius 3 is 2.78 bits per heavy atom. The first-order valence-corrected chi connectivity index (χ1v) is 8.55. The number of aromatic amines is 1. The van der Waals surface area contributed by atoms with Gasteiger partial charge in [-0.25, -0.2) is 4.98 Å². The number of aromatic nitrogens is 3. The van der Waals surface area contributed by atoms with Crippen LogP contribution in [-0.4, -0.2) is 32.9 Å². The number of nitrogens with zero attached hydrogens (tertiary/aromatic N) is 3. The highest BCUT2D eigenvalue weighted by Gasteiger charge is 2.31. The van der Waals surface area contributed by atoms with Gasteiger partial charge in [0.2, 0.25) is 0 Å². The van der Waals surface area contributed by atoms with Gasteiger partial charge in [0.1, 0.15) is 5.82 Å². The third kappa shape index (κ3) is 3.34. The van der Waals surface area contributed by atoms with Crippen LogP contribution in [0.4, 0.5) is 0 Å². The average Bonchev–Trinajstić information content (AvgIpc) is 3.40. The second-order valence-electron chi connectivity index (χ2n) is 6.70. The van der Waals surface area contributed by atoms with Gasteiger partial charge < -0.3 is 4.98 Å². The van der Waals surface area contributed by atoms with Gasteiger partial charge in [0, 0.05) is 30.6 Å².